The van der Waals surface area contributed by atoms with Crippen LogP contribution in [0.5, 0.6) is 5.75 Å². The summed E-state index contributed by atoms with van der Waals surface area (Å²) in [6.45, 7) is 6.11. The van der Waals surface area contributed by atoms with Gasteiger partial charge in [-0.25, -0.2) is 9.18 Å². The van der Waals surface area contributed by atoms with E-state index in [1.165, 1.54) is 6.07 Å². The van der Waals surface area contributed by atoms with Crippen LogP contribution in [0.3, 0.4) is 0 Å². The zero-order chi connectivity index (χ0) is 24.0. The van der Waals surface area contributed by atoms with Gasteiger partial charge in [-0.1, -0.05) is 31.2 Å². The number of nitrogens with one attached hydrogen (secondary N) is 1. The monoisotopic (exact) mass is 470 g/mol. The van der Waals surface area contributed by atoms with Gasteiger partial charge < -0.3 is 14.4 Å². The molecule has 0 saturated heterocycles. The minimum atomic E-state index is -4.11. The number of carbonyl (C=O) groups excluding carboxylic acids is 1. The molecule has 0 aromatic heterocycles. The topological polar surface area (TPSA) is 75.7 Å². The van der Waals surface area contributed by atoms with E-state index >= 15 is 0 Å². The van der Waals surface area contributed by atoms with Crippen molar-refractivity contribution in [1.82, 2.24) is 4.90 Å². The van der Waals surface area contributed by atoms with E-state index in [9.17, 15) is 17.6 Å². The smallest absolute Gasteiger partial charge is 0.339 e. The van der Waals surface area contributed by atoms with E-state index in [1.807, 2.05) is 45.0 Å². The van der Waals surface area contributed by atoms with Crippen LogP contribution < -0.4 is 9.50 Å². The molecule has 0 radical (unpaired) electrons. The van der Waals surface area contributed by atoms with Crippen molar-refractivity contribution in [3.63, 3.8) is 0 Å². The van der Waals surface area contributed by atoms with Gasteiger partial charge in [-0.3, -0.25) is 0 Å². The molecular weight excluding hydrogens is 443 g/mol. The lowest BCUT2D eigenvalue weighted by molar-refractivity contribution is 0.193. The lowest BCUT2D eigenvalue weighted by Gasteiger charge is -2.27. The quantitative estimate of drug-likeness (QED) is 0.435. The Bertz CT molecular complexity index is 1210. The van der Waals surface area contributed by atoms with E-state index in [1.54, 1.807) is 23.1 Å². The summed E-state index contributed by atoms with van der Waals surface area (Å²) in [7, 11) is -4.11. The fourth-order valence-electron chi connectivity index (χ4n) is 3.22. The Morgan fingerprint density at radius 3 is 2.33 bits per heavy atom. The Balaban J connectivity index is 1.74. The summed E-state index contributed by atoms with van der Waals surface area (Å²) < 4.78 is 43.3. The summed E-state index contributed by atoms with van der Waals surface area (Å²) in [5.41, 5.74) is 2.54. The molecule has 0 fully saturated rings. The van der Waals surface area contributed by atoms with E-state index < -0.39 is 15.9 Å². The van der Waals surface area contributed by atoms with Gasteiger partial charge in [0.1, 0.15) is 16.5 Å². The summed E-state index contributed by atoms with van der Waals surface area (Å²) in [5.74, 6) is -0.430. The molecule has 0 saturated carbocycles. The minimum Gasteiger partial charge on any atom is -0.379 e. The van der Waals surface area contributed by atoms with Crippen molar-refractivity contribution in [3.8, 4) is 5.75 Å². The van der Waals surface area contributed by atoms with Gasteiger partial charge in [0.25, 0.3) is 0 Å². The standard InChI is InChI=1S/C25H27FN2O4S/c1-4-19-7-5-9-22(15-19)27-25(29)28(18(2)3)17-20-8-6-10-23(16-20)32-33(30,31)24-13-11-21(26)12-14-24/h5-16,18H,4,17H2,1-3H3,(H,27,29). The molecule has 33 heavy (non-hydrogen) atoms. The third kappa shape index (κ3) is 6.55. The molecule has 0 aliphatic carbocycles. The maximum Gasteiger partial charge on any atom is 0.339 e. The molecule has 3 aromatic carbocycles. The number of urea groups is 1. The average Bonchev–Trinajstić information content (AvgIpc) is 2.77. The fourth-order valence-corrected chi connectivity index (χ4v) is 4.14. The summed E-state index contributed by atoms with van der Waals surface area (Å²) in [4.78, 5) is 14.4. The van der Waals surface area contributed by atoms with Crippen LogP contribution in [0, 0.1) is 5.82 Å². The highest BCUT2D eigenvalue weighted by atomic mass is 32.2. The second-order valence-corrected chi connectivity index (χ2v) is 9.39. The van der Waals surface area contributed by atoms with E-state index in [0.29, 0.717) is 11.3 Å². The molecule has 0 heterocycles. The summed E-state index contributed by atoms with van der Waals surface area (Å²) in [5, 5.41) is 2.93. The van der Waals surface area contributed by atoms with Gasteiger partial charge in [-0.15, -0.1) is 0 Å². The van der Waals surface area contributed by atoms with Gasteiger partial charge in [-0.05, 0) is 79.9 Å². The molecule has 2 amide bonds. The first-order valence-corrected chi connectivity index (χ1v) is 12.0. The van der Waals surface area contributed by atoms with Crippen molar-refractivity contribution >= 4 is 21.8 Å². The van der Waals surface area contributed by atoms with Gasteiger partial charge in [0.05, 0.1) is 0 Å². The van der Waals surface area contributed by atoms with Crippen LogP contribution in [0.25, 0.3) is 0 Å². The SMILES string of the molecule is CCc1cccc(NC(=O)N(Cc2cccc(OS(=O)(=O)c3ccc(F)cc3)c2)C(C)C)c1. The Kier molecular flexibility index (Phi) is 7.71. The number of carbonyl (C=O) groups is 1. The molecule has 0 unspecified atom stereocenters. The van der Waals surface area contributed by atoms with E-state index in [4.69, 9.17) is 4.18 Å². The van der Waals surface area contributed by atoms with Crippen molar-refractivity contribution in [2.75, 3.05) is 5.32 Å². The molecular formula is C25H27FN2O4S. The molecule has 1 N–H and O–H groups in total. The van der Waals surface area contributed by atoms with Crippen LogP contribution in [-0.4, -0.2) is 25.4 Å². The first kappa shape index (κ1) is 24.3. The van der Waals surface area contributed by atoms with Gasteiger partial charge in [0, 0.05) is 18.3 Å². The lowest BCUT2D eigenvalue weighted by Crippen LogP contribution is -2.39. The maximum absolute atomic E-state index is 13.1. The van der Waals surface area contributed by atoms with Crippen LogP contribution in [0.15, 0.2) is 77.7 Å². The minimum absolute atomic E-state index is 0.105. The molecule has 8 heteroatoms. The number of halogens is 1. The second kappa shape index (κ2) is 10.5. The van der Waals surface area contributed by atoms with Gasteiger partial charge in [-0.2, -0.15) is 8.42 Å². The van der Waals surface area contributed by atoms with Crippen molar-refractivity contribution in [1.29, 1.82) is 0 Å². The normalized spacial score (nSPS) is 11.3. The molecule has 0 aliphatic heterocycles. The maximum atomic E-state index is 13.1. The first-order valence-electron chi connectivity index (χ1n) is 10.6. The number of rotatable bonds is 8. The summed E-state index contributed by atoms with van der Waals surface area (Å²) in [6.07, 6.45) is 0.866. The summed E-state index contributed by atoms with van der Waals surface area (Å²) >= 11 is 0. The number of hydrogen-bond acceptors (Lipinski definition) is 4. The first-order chi connectivity index (χ1) is 15.7. The number of nitrogens with zero attached hydrogens (tertiary/aromatic N) is 1. The molecule has 0 bridgehead atoms. The highest BCUT2D eigenvalue weighted by Crippen LogP contribution is 2.22. The number of anilines is 1. The van der Waals surface area contributed by atoms with Gasteiger partial charge in [0.15, 0.2) is 0 Å². The van der Waals surface area contributed by atoms with Crippen molar-refractivity contribution in [3.05, 3.63) is 89.7 Å². The predicted octanol–water partition coefficient (Wildman–Crippen LogP) is 5.60. The Hall–Kier alpha value is -3.39. The molecule has 6 nitrogen and oxygen atoms in total. The Morgan fingerprint density at radius 1 is 1.00 bits per heavy atom. The predicted molar refractivity (Wildman–Crippen MR) is 126 cm³/mol. The fraction of sp³-hybridized carbons (Fsp3) is 0.240. The highest BCUT2D eigenvalue weighted by molar-refractivity contribution is 7.87. The van der Waals surface area contributed by atoms with E-state index in [0.717, 1.165) is 36.2 Å². The van der Waals surface area contributed by atoms with Crippen LogP contribution in [0.2, 0.25) is 0 Å². The second-order valence-electron chi connectivity index (χ2n) is 7.84. The van der Waals surface area contributed by atoms with Crippen LogP contribution >= 0.6 is 0 Å². The number of aryl methyl sites for hydroxylation is 1. The van der Waals surface area contributed by atoms with Crippen LogP contribution in [-0.2, 0) is 23.1 Å². The van der Waals surface area contributed by atoms with Gasteiger partial charge >= 0.3 is 16.1 Å². The third-order valence-electron chi connectivity index (χ3n) is 5.03. The van der Waals surface area contributed by atoms with Crippen molar-refractivity contribution < 1.29 is 21.8 Å². The largest absolute Gasteiger partial charge is 0.379 e. The van der Waals surface area contributed by atoms with Crippen molar-refractivity contribution in [2.24, 2.45) is 0 Å². The number of benzene rings is 3. The molecule has 0 aliphatic rings. The van der Waals surface area contributed by atoms with Crippen LogP contribution in [0.4, 0.5) is 14.9 Å². The average molecular weight is 471 g/mol. The number of amides is 2. The molecule has 3 aromatic rings. The Labute approximate surface area is 194 Å². The zero-order valence-corrected chi connectivity index (χ0v) is 19.6. The third-order valence-corrected chi connectivity index (χ3v) is 6.29. The Morgan fingerprint density at radius 2 is 1.67 bits per heavy atom. The zero-order valence-electron chi connectivity index (χ0n) is 18.8. The molecule has 3 rings (SSSR count). The van der Waals surface area contributed by atoms with Crippen LogP contribution in [0.1, 0.15) is 31.9 Å². The van der Waals surface area contributed by atoms with Crippen molar-refractivity contribution in [2.45, 2.75) is 44.7 Å². The molecule has 0 spiro atoms. The molecule has 0 atom stereocenters. The van der Waals surface area contributed by atoms with E-state index in [-0.39, 0.29) is 29.3 Å². The summed E-state index contributed by atoms with van der Waals surface area (Å²) in [6, 6.07) is 18.2. The van der Waals surface area contributed by atoms with E-state index in [2.05, 4.69) is 5.32 Å². The number of hydrogen-bond donors (Lipinski definition) is 1. The molecule has 174 valence electrons. The lowest BCUT2D eigenvalue weighted by atomic mass is 10.1. The highest BCUT2D eigenvalue weighted by Gasteiger charge is 2.20. The van der Waals surface area contributed by atoms with Gasteiger partial charge in [0.2, 0.25) is 0 Å².